The minimum Gasteiger partial charge on any atom is -0.489 e. The molecule has 0 aliphatic rings. The van der Waals surface area contributed by atoms with Crippen LogP contribution in [0.2, 0.25) is 0 Å². The number of rotatable bonds is 7. The van der Waals surface area contributed by atoms with Crippen molar-refractivity contribution >= 4 is 0 Å². The quantitative estimate of drug-likeness (QED) is 0.332. The second-order valence-corrected chi connectivity index (χ2v) is 7.47. The topological polar surface area (TPSA) is 18.5 Å². The number of ether oxygens (including phenoxy) is 2. The van der Waals surface area contributed by atoms with Crippen LogP contribution in [0.15, 0.2) is 97.1 Å². The maximum atomic E-state index is 6.26. The van der Waals surface area contributed by atoms with Crippen molar-refractivity contribution in [2.24, 2.45) is 0 Å². The van der Waals surface area contributed by atoms with Crippen molar-refractivity contribution < 1.29 is 9.47 Å². The molecule has 4 aromatic rings. The molecule has 2 nitrogen and oxygen atoms in total. The molecule has 0 saturated carbocycles. The maximum Gasteiger partial charge on any atom is 0.127 e. The molecule has 150 valence electrons. The number of benzene rings is 4. The lowest BCUT2D eigenvalue weighted by molar-refractivity contribution is 0.301. The SMILES string of the molecule is Cc1cccc(C)c1-c1cc(COc2ccccc2)ccc1OCc1ccccc1. The van der Waals surface area contributed by atoms with Gasteiger partial charge in [0.2, 0.25) is 0 Å². The first-order valence-corrected chi connectivity index (χ1v) is 10.2. The average molecular weight is 395 g/mol. The van der Waals surface area contributed by atoms with Gasteiger partial charge in [0.25, 0.3) is 0 Å². The van der Waals surface area contributed by atoms with E-state index < -0.39 is 0 Å². The predicted octanol–water partition coefficient (Wildman–Crippen LogP) is 7.13. The van der Waals surface area contributed by atoms with Crippen molar-refractivity contribution in [2.45, 2.75) is 27.1 Å². The molecule has 0 radical (unpaired) electrons. The lowest BCUT2D eigenvalue weighted by Gasteiger charge is -2.17. The van der Waals surface area contributed by atoms with Crippen LogP contribution in [-0.4, -0.2) is 0 Å². The molecule has 0 atom stereocenters. The molecule has 0 saturated heterocycles. The number of aryl methyl sites for hydroxylation is 2. The first-order valence-electron chi connectivity index (χ1n) is 10.2. The van der Waals surface area contributed by atoms with Gasteiger partial charge in [-0.15, -0.1) is 0 Å². The van der Waals surface area contributed by atoms with E-state index in [1.54, 1.807) is 0 Å². The van der Waals surface area contributed by atoms with Gasteiger partial charge in [0.15, 0.2) is 0 Å². The molecule has 0 spiro atoms. The summed E-state index contributed by atoms with van der Waals surface area (Å²) in [5, 5.41) is 0. The van der Waals surface area contributed by atoms with Gasteiger partial charge in [-0.2, -0.15) is 0 Å². The third-order valence-corrected chi connectivity index (χ3v) is 5.18. The van der Waals surface area contributed by atoms with Crippen LogP contribution in [0.4, 0.5) is 0 Å². The molecular formula is C28H26O2. The zero-order valence-electron chi connectivity index (χ0n) is 17.5. The number of hydrogen-bond donors (Lipinski definition) is 0. The third kappa shape index (κ3) is 4.72. The Bertz CT molecular complexity index is 1080. The Balaban J connectivity index is 1.65. The standard InChI is InChI=1S/C28H26O2/c1-21-10-9-11-22(2)28(21)26-18-24(20-29-25-14-7-4-8-15-25)16-17-27(26)30-19-23-12-5-3-6-13-23/h3-18H,19-20H2,1-2H3. The summed E-state index contributed by atoms with van der Waals surface area (Å²) in [6.45, 7) is 5.35. The first-order chi connectivity index (χ1) is 14.7. The summed E-state index contributed by atoms with van der Waals surface area (Å²) < 4.78 is 12.2. The van der Waals surface area contributed by atoms with Crippen LogP contribution >= 0.6 is 0 Å². The molecule has 0 amide bonds. The monoisotopic (exact) mass is 394 g/mol. The van der Waals surface area contributed by atoms with E-state index >= 15 is 0 Å². The third-order valence-electron chi connectivity index (χ3n) is 5.18. The van der Waals surface area contributed by atoms with E-state index in [1.165, 1.54) is 16.7 Å². The number of para-hydroxylation sites is 1. The molecular weight excluding hydrogens is 368 g/mol. The summed E-state index contributed by atoms with van der Waals surface area (Å²) >= 11 is 0. The summed E-state index contributed by atoms with van der Waals surface area (Å²) in [7, 11) is 0. The summed E-state index contributed by atoms with van der Waals surface area (Å²) in [6.07, 6.45) is 0. The van der Waals surface area contributed by atoms with Crippen LogP contribution in [0.25, 0.3) is 11.1 Å². The van der Waals surface area contributed by atoms with Crippen molar-refractivity contribution in [3.8, 4) is 22.6 Å². The van der Waals surface area contributed by atoms with E-state index in [0.717, 1.165) is 28.2 Å². The highest BCUT2D eigenvalue weighted by Crippen LogP contribution is 2.36. The van der Waals surface area contributed by atoms with Gasteiger partial charge in [0.05, 0.1) is 0 Å². The van der Waals surface area contributed by atoms with Crippen molar-refractivity contribution in [3.05, 3.63) is 119 Å². The highest BCUT2D eigenvalue weighted by Gasteiger charge is 2.13. The Morgan fingerprint density at radius 3 is 1.90 bits per heavy atom. The molecule has 0 aromatic heterocycles. The van der Waals surface area contributed by atoms with Gasteiger partial charge in [-0.1, -0.05) is 72.8 Å². The highest BCUT2D eigenvalue weighted by molar-refractivity contribution is 5.76. The molecule has 30 heavy (non-hydrogen) atoms. The Hall–Kier alpha value is -3.52. The van der Waals surface area contributed by atoms with Gasteiger partial charge in [-0.3, -0.25) is 0 Å². The van der Waals surface area contributed by atoms with Crippen LogP contribution in [0.5, 0.6) is 11.5 Å². The maximum absolute atomic E-state index is 6.26. The predicted molar refractivity (Wildman–Crippen MR) is 123 cm³/mol. The lowest BCUT2D eigenvalue weighted by atomic mass is 9.94. The van der Waals surface area contributed by atoms with Crippen LogP contribution in [0.1, 0.15) is 22.3 Å². The Labute approximate surface area is 178 Å². The molecule has 4 rings (SSSR count). The fraction of sp³-hybridized carbons (Fsp3) is 0.143. The van der Waals surface area contributed by atoms with E-state index in [0.29, 0.717) is 13.2 Å². The molecule has 0 fully saturated rings. The molecule has 0 aliphatic heterocycles. The molecule has 2 heteroatoms. The molecule has 0 aliphatic carbocycles. The molecule has 0 N–H and O–H groups in total. The smallest absolute Gasteiger partial charge is 0.127 e. The average Bonchev–Trinajstić information content (AvgIpc) is 2.78. The highest BCUT2D eigenvalue weighted by atomic mass is 16.5. The van der Waals surface area contributed by atoms with E-state index in [1.807, 2.05) is 48.5 Å². The van der Waals surface area contributed by atoms with Gasteiger partial charge in [-0.25, -0.2) is 0 Å². The van der Waals surface area contributed by atoms with Crippen molar-refractivity contribution in [1.82, 2.24) is 0 Å². The second kappa shape index (κ2) is 9.32. The molecule has 0 heterocycles. The zero-order valence-corrected chi connectivity index (χ0v) is 17.5. The molecule has 0 unspecified atom stereocenters. The fourth-order valence-corrected chi connectivity index (χ4v) is 3.65. The van der Waals surface area contributed by atoms with E-state index in [4.69, 9.17) is 9.47 Å². The summed E-state index contributed by atoms with van der Waals surface area (Å²) in [5.74, 6) is 1.76. The first kappa shape index (κ1) is 19.8. The Morgan fingerprint density at radius 1 is 0.567 bits per heavy atom. The number of hydrogen-bond acceptors (Lipinski definition) is 2. The van der Waals surface area contributed by atoms with E-state index in [-0.39, 0.29) is 0 Å². The van der Waals surface area contributed by atoms with Gasteiger partial charge >= 0.3 is 0 Å². The van der Waals surface area contributed by atoms with Gasteiger partial charge in [0.1, 0.15) is 24.7 Å². The summed E-state index contributed by atoms with van der Waals surface area (Å²) in [4.78, 5) is 0. The molecule has 4 aromatic carbocycles. The largest absolute Gasteiger partial charge is 0.489 e. The van der Waals surface area contributed by atoms with E-state index in [2.05, 4.69) is 62.4 Å². The van der Waals surface area contributed by atoms with Crippen LogP contribution in [-0.2, 0) is 13.2 Å². The van der Waals surface area contributed by atoms with Crippen LogP contribution in [0, 0.1) is 13.8 Å². The summed E-state index contributed by atoms with van der Waals surface area (Å²) in [6, 6.07) is 32.9. The minimum absolute atomic E-state index is 0.515. The van der Waals surface area contributed by atoms with Crippen LogP contribution < -0.4 is 9.47 Å². The molecule has 0 bridgehead atoms. The summed E-state index contributed by atoms with van der Waals surface area (Å²) in [5.41, 5.74) is 7.07. The fourth-order valence-electron chi connectivity index (χ4n) is 3.65. The van der Waals surface area contributed by atoms with Crippen LogP contribution in [0.3, 0.4) is 0 Å². The second-order valence-electron chi connectivity index (χ2n) is 7.47. The lowest BCUT2D eigenvalue weighted by Crippen LogP contribution is -2.01. The van der Waals surface area contributed by atoms with Gasteiger partial charge < -0.3 is 9.47 Å². The van der Waals surface area contributed by atoms with Crippen molar-refractivity contribution in [1.29, 1.82) is 0 Å². The Kier molecular flexibility index (Phi) is 6.14. The normalized spacial score (nSPS) is 10.6. The zero-order chi connectivity index (χ0) is 20.8. The Morgan fingerprint density at radius 2 is 1.20 bits per heavy atom. The van der Waals surface area contributed by atoms with Gasteiger partial charge in [-0.05, 0) is 65.9 Å². The van der Waals surface area contributed by atoms with Crippen molar-refractivity contribution in [3.63, 3.8) is 0 Å². The van der Waals surface area contributed by atoms with Gasteiger partial charge in [0, 0.05) is 5.56 Å². The van der Waals surface area contributed by atoms with Crippen molar-refractivity contribution in [2.75, 3.05) is 0 Å². The van der Waals surface area contributed by atoms with E-state index in [9.17, 15) is 0 Å². The minimum atomic E-state index is 0.515.